The summed E-state index contributed by atoms with van der Waals surface area (Å²) in [5.41, 5.74) is 0. The van der Waals surface area contributed by atoms with Crippen LogP contribution in [0.1, 0.15) is 6.92 Å². The van der Waals surface area contributed by atoms with Crippen molar-refractivity contribution in [2.24, 2.45) is 0 Å². The maximum Gasteiger partial charge on any atom is 0.239 e. The molecule has 1 amide bonds. The summed E-state index contributed by atoms with van der Waals surface area (Å²) in [7, 11) is 0. The van der Waals surface area contributed by atoms with Crippen LogP contribution in [0.5, 0.6) is 0 Å². The van der Waals surface area contributed by atoms with Crippen LogP contribution >= 0.6 is 11.3 Å². The van der Waals surface area contributed by atoms with E-state index in [2.05, 4.69) is 15.6 Å². The molecule has 2 rings (SSSR count). The molecule has 0 saturated carbocycles. The van der Waals surface area contributed by atoms with Crippen LogP contribution in [-0.2, 0) is 4.79 Å². The molecule has 0 spiro atoms. The Hall–Kier alpha value is -1.62. The highest BCUT2D eigenvalue weighted by molar-refractivity contribution is 7.17. The van der Waals surface area contributed by atoms with Crippen molar-refractivity contribution < 1.29 is 4.79 Å². The van der Waals surface area contributed by atoms with E-state index in [0.717, 1.165) is 11.2 Å². The Balaban J connectivity index is 2.09. The van der Waals surface area contributed by atoms with E-state index < -0.39 is 0 Å². The minimum atomic E-state index is -0.0171. The quantitative estimate of drug-likeness (QED) is 0.850. The highest BCUT2D eigenvalue weighted by Crippen LogP contribution is 2.25. The largest absolute Gasteiger partial charge is 0.360 e. The number of pyridine rings is 1. The number of carbonyl (C=O) groups excluding carboxylic acids is 1. The smallest absolute Gasteiger partial charge is 0.239 e. The Kier molecular flexibility index (Phi) is 3.36. The summed E-state index contributed by atoms with van der Waals surface area (Å²) in [6, 6.07) is 3.98. The molecule has 0 radical (unpaired) electrons. The summed E-state index contributed by atoms with van der Waals surface area (Å²) in [5.74, 6) is 0.751. The van der Waals surface area contributed by atoms with Crippen molar-refractivity contribution in [3.05, 3.63) is 23.7 Å². The second-order valence-electron chi connectivity index (χ2n) is 3.30. The highest BCUT2D eigenvalue weighted by Gasteiger charge is 2.04. The van der Waals surface area contributed by atoms with E-state index in [9.17, 15) is 4.79 Å². The Morgan fingerprint density at radius 1 is 1.50 bits per heavy atom. The van der Waals surface area contributed by atoms with E-state index >= 15 is 0 Å². The Bertz CT molecular complexity index is 495. The lowest BCUT2D eigenvalue weighted by molar-refractivity contribution is -0.119. The zero-order valence-electron chi connectivity index (χ0n) is 8.99. The number of fused-ring (bicyclic) bond motifs is 1. The van der Waals surface area contributed by atoms with Crippen LogP contribution < -0.4 is 10.6 Å². The van der Waals surface area contributed by atoms with Gasteiger partial charge < -0.3 is 10.6 Å². The number of hydrogen-bond acceptors (Lipinski definition) is 4. The average Bonchev–Trinajstić information content (AvgIpc) is 2.75. The number of likely N-dealkylation sites (N-methyl/N-ethyl adjacent to an activating group) is 1. The van der Waals surface area contributed by atoms with E-state index in [-0.39, 0.29) is 12.5 Å². The SMILES string of the molecule is CCNC(=O)CNc1nccc2sccc12. The van der Waals surface area contributed by atoms with Crippen molar-refractivity contribution >= 4 is 33.1 Å². The number of carbonyl (C=O) groups is 1. The van der Waals surface area contributed by atoms with Gasteiger partial charge in [0, 0.05) is 22.8 Å². The van der Waals surface area contributed by atoms with Crippen molar-refractivity contribution in [2.75, 3.05) is 18.4 Å². The van der Waals surface area contributed by atoms with Gasteiger partial charge in [-0.2, -0.15) is 0 Å². The number of nitrogens with one attached hydrogen (secondary N) is 2. The van der Waals surface area contributed by atoms with E-state index in [1.54, 1.807) is 17.5 Å². The normalized spacial score (nSPS) is 10.3. The number of rotatable bonds is 4. The number of anilines is 1. The van der Waals surface area contributed by atoms with Gasteiger partial charge in [-0.15, -0.1) is 11.3 Å². The molecule has 2 aromatic rings. The van der Waals surface area contributed by atoms with Gasteiger partial charge in [-0.25, -0.2) is 4.98 Å². The van der Waals surface area contributed by atoms with Crippen LogP contribution in [0.4, 0.5) is 5.82 Å². The van der Waals surface area contributed by atoms with Gasteiger partial charge in [0.1, 0.15) is 5.82 Å². The van der Waals surface area contributed by atoms with Crippen LogP contribution in [0.2, 0.25) is 0 Å². The first-order valence-corrected chi connectivity index (χ1v) is 6.02. The van der Waals surface area contributed by atoms with Crippen molar-refractivity contribution in [1.82, 2.24) is 10.3 Å². The third-order valence-electron chi connectivity index (χ3n) is 2.17. The second kappa shape index (κ2) is 4.94. The monoisotopic (exact) mass is 235 g/mol. The number of aromatic nitrogens is 1. The topological polar surface area (TPSA) is 54.0 Å². The summed E-state index contributed by atoms with van der Waals surface area (Å²) in [4.78, 5) is 15.5. The predicted octanol–water partition coefficient (Wildman–Crippen LogP) is 1.84. The number of thiophene rings is 1. The Morgan fingerprint density at radius 2 is 2.38 bits per heavy atom. The zero-order valence-corrected chi connectivity index (χ0v) is 9.80. The minimum absolute atomic E-state index is 0.0171. The molecule has 0 atom stereocenters. The third-order valence-corrected chi connectivity index (χ3v) is 3.05. The summed E-state index contributed by atoms with van der Waals surface area (Å²) in [5, 5.41) is 8.86. The fraction of sp³-hybridized carbons (Fsp3) is 0.273. The fourth-order valence-corrected chi connectivity index (χ4v) is 2.24. The van der Waals surface area contributed by atoms with E-state index in [1.807, 2.05) is 24.4 Å². The van der Waals surface area contributed by atoms with E-state index in [1.165, 1.54) is 4.70 Å². The third kappa shape index (κ3) is 2.30. The molecule has 2 heterocycles. The molecule has 4 nitrogen and oxygen atoms in total. The van der Waals surface area contributed by atoms with Crippen LogP contribution in [0, 0.1) is 0 Å². The molecule has 2 aromatic heterocycles. The maximum atomic E-state index is 11.3. The standard InChI is InChI=1S/C11H13N3OS/c1-2-12-10(15)7-14-11-8-4-6-16-9(8)3-5-13-11/h3-6H,2,7H2,1H3,(H,12,15)(H,13,14). The Morgan fingerprint density at radius 3 is 3.19 bits per heavy atom. The first-order valence-electron chi connectivity index (χ1n) is 5.14. The van der Waals surface area contributed by atoms with Crippen LogP contribution in [0.3, 0.4) is 0 Å². The lowest BCUT2D eigenvalue weighted by Gasteiger charge is -2.06. The molecule has 5 heteroatoms. The molecule has 0 aromatic carbocycles. The van der Waals surface area contributed by atoms with Gasteiger partial charge in [-0.05, 0) is 24.4 Å². The van der Waals surface area contributed by atoms with Crippen molar-refractivity contribution in [2.45, 2.75) is 6.92 Å². The molecular formula is C11H13N3OS. The number of nitrogens with zero attached hydrogens (tertiary/aromatic N) is 1. The van der Waals surface area contributed by atoms with E-state index in [0.29, 0.717) is 6.54 Å². The molecule has 0 bridgehead atoms. The maximum absolute atomic E-state index is 11.3. The zero-order chi connectivity index (χ0) is 11.4. The first-order chi connectivity index (χ1) is 7.81. The molecule has 2 N–H and O–H groups in total. The summed E-state index contributed by atoms with van der Waals surface area (Å²) in [6.45, 7) is 2.81. The van der Waals surface area contributed by atoms with E-state index in [4.69, 9.17) is 0 Å². The molecule has 0 unspecified atom stereocenters. The van der Waals surface area contributed by atoms with Crippen molar-refractivity contribution in [3.63, 3.8) is 0 Å². The Labute approximate surface area is 97.7 Å². The minimum Gasteiger partial charge on any atom is -0.360 e. The number of hydrogen-bond donors (Lipinski definition) is 2. The lowest BCUT2D eigenvalue weighted by Crippen LogP contribution is -2.29. The molecule has 0 aliphatic heterocycles. The molecule has 0 saturated heterocycles. The molecule has 0 aliphatic rings. The van der Waals surface area contributed by atoms with Crippen LogP contribution in [0.25, 0.3) is 10.1 Å². The lowest BCUT2D eigenvalue weighted by atomic mass is 10.3. The van der Waals surface area contributed by atoms with Gasteiger partial charge in [-0.3, -0.25) is 4.79 Å². The molecule has 84 valence electrons. The van der Waals surface area contributed by atoms with Gasteiger partial charge in [0.2, 0.25) is 5.91 Å². The van der Waals surface area contributed by atoms with Crippen LogP contribution in [-0.4, -0.2) is 24.0 Å². The van der Waals surface area contributed by atoms with Gasteiger partial charge in [0.25, 0.3) is 0 Å². The molecule has 16 heavy (non-hydrogen) atoms. The van der Waals surface area contributed by atoms with Crippen molar-refractivity contribution in [3.8, 4) is 0 Å². The van der Waals surface area contributed by atoms with Gasteiger partial charge in [0.05, 0.1) is 6.54 Å². The fourth-order valence-electron chi connectivity index (χ4n) is 1.46. The highest BCUT2D eigenvalue weighted by atomic mass is 32.1. The van der Waals surface area contributed by atoms with Crippen LogP contribution in [0.15, 0.2) is 23.7 Å². The first kappa shape index (κ1) is 10.9. The van der Waals surface area contributed by atoms with Crippen molar-refractivity contribution in [1.29, 1.82) is 0 Å². The second-order valence-corrected chi connectivity index (χ2v) is 4.25. The molecule has 0 fully saturated rings. The summed E-state index contributed by atoms with van der Waals surface area (Å²) in [6.07, 6.45) is 1.75. The predicted molar refractivity (Wildman–Crippen MR) is 66.8 cm³/mol. The molecule has 0 aliphatic carbocycles. The van der Waals surface area contributed by atoms with Gasteiger partial charge >= 0.3 is 0 Å². The summed E-state index contributed by atoms with van der Waals surface area (Å²) < 4.78 is 1.17. The average molecular weight is 235 g/mol. The molecular weight excluding hydrogens is 222 g/mol. The van der Waals surface area contributed by atoms with Gasteiger partial charge in [0.15, 0.2) is 0 Å². The summed E-state index contributed by atoms with van der Waals surface area (Å²) >= 11 is 1.67. The van der Waals surface area contributed by atoms with Gasteiger partial charge in [-0.1, -0.05) is 0 Å². The number of amides is 1.